The lowest BCUT2D eigenvalue weighted by molar-refractivity contribution is 0.0322. The number of ether oxygens (including phenoxy) is 2. The maximum Gasteiger partial charge on any atom is 0.255 e. The fourth-order valence-electron chi connectivity index (χ4n) is 4.00. The van der Waals surface area contributed by atoms with E-state index in [4.69, 9.17) is 9.47 Å². The summed E-state index contributed by atoms with van der Waals surface area (Å²) < 4.78 is 11.4. The molecule has 1 N–H and O–H groups in total. The van der Waals surface area contributed by atoms with Gasteiger partial charge in [0, 0.05) is 45.0 Å². The molecule has 2 aliphatic heterocycles. The van der Waals surface area contributed by atoms with Crippen molar-refractivity contribution in [3.05, 3.63) is 54.2 Å². The lowest BCUT2D eigenvalue weighted by Crippen LogP contribution is -2.48. The highest BCUT2D eigenvalue weighted by Gasteiger charge is 2.24. The first kappa shape index (κ1) is 20.6. The van der Waals surface area contributed by atoms with E-state index in [0.29, 0.717) is 17.9 Å². The molecule has 3 heterocycles. The molecule has 30 heavy (non-hydrogen) atoms. The number of anilines is 1. The standard InChI is InChI=1S/C23H30N4O3/c28-23(25-19-6-5-11-27(18-19)22-9-3-4-10-24-22)20-7-1-2-8-21(20)30-17-14-26-12-15-29-16-13-26/h1-4,7-10,19H,5-6,11-18H2,(H,25,28)/t19-/m0/s1. The average Bonchev–Trinajstić information content (AvgIpc) is 2.81. The number of nitrogens with zero attached hydrogens (tertiary/aromatic N) is 3. The number of piperidine rings is 1. The molecule has 0 unspecified atom stereocenters. The molecule has 7 heteroatoms. The monoisotopic (exact) mass is 410 g/mol. The number of para-hydroxylation sites is 1. The van der Waals surface area contributed by atoms with Crippen LogP contribution in [0.5, 0.6) is 5.75 Å². The van der Waals surface area contributed by atoms with E-state index >= 15 is 0 Å². The van der Waals surface area contributed by atoms with Gasteiger partial charge in [-0.2, -0.15) is 0 Å². The third kappa shape index (κ3) is 5.49. The first-order valence-electron chi connectivity index (χ1n) is 10.8. The number of hydrogen-bond donors (Lipinski definition) is 1. The van der Waals surface area contributed by atoms with Crippen LogP contribution in [-0.2, 0) is 4.74 Å². The Balaban J connectivity index is 1.32. The van der Waals surface area contributed by atoms with Crippen molar-refractivity contribution in [3.8, 4) is 5.75 Å². The molecule has 0 radical (unpaired) electrons. The molecule has 4 rings (SSSR count). The lowest BCUT2D eigenvalue weighted by atomic mass is 10.0. The summed E-state index contributed by atoms with van der Waals surface area (Å²) in [6.45, 7) is 6.53. The van der Waals surface area contributed by atoms with Gasteiger partial charge in [0.15, 0.2) is 0 Å². The molecule has 0 aliphatic carbocycles. The minimum Gasteiger partial charge on any atom is -0.491 e. The minimum atomic E-state index is -0.0788. The number of rotatable bonds is 7. The van der Waals surface area contributed by atoms with Crippen molar-refractivity contribution in [2.75, 3.05) is 57.4 Å². The number of amides is 1. The van der Waals surface area contributed by atoms with Crippen molar-refractivity contribution in [2.24, 2.45) is 0 Å². The van der Waals surface area contributed by atoms with Crippen molar-refractivity contribution in [1.29, 1.82) is 0 Å². The average molecular weight is 411 g/mol. The summed E-state index contributed by atoms with van der Waals surface area (Å²) >= 11 is 0. The second-order valence-electron chi connectivity index (χ2n) is 7.75. The van der Waals surface area contributed by atoms with E-state index in [-0.39, 0.29) is 11.9 Å². The number of benzene rings is 1. The Labute approximate surface area is 178 Å². The van der Waals surface area contributed by atoms with Gasteiger partial charge in [0.25, 0.3) is 5.91 Å². The van der Waals surface area contributed by atoms with Crippen LogP contribution >= 0.6 is 0 Å². The first-order valence-corrected chi connectivity index (χ1v) is 10.8. The van der Waals surface area contributed by atoms with Gasteiger partial charge in [-0.1, -0.05) is 18.2 Å². The fourth-order valence-corrected chi connectivity index (χ4v) is 4.00. The van der Waals surface area contributed by atoms with Gasteiger partial charge in [0.1, 0.15) is 18.2 Å². The molecular weight excluding hydrogens is 380 g/mol. The number of nitrogens with one attached hydrogen (secondary N) is 1. The van der Waals surface area contributed by atoms with Crippen molar-refractivity contribution in [1.82, 2.24) is 15.2 Å². The zero-order valence-corrected chi connectivity index (χ0v) is 17.3. The second kappa shape index (κ2) is 10.4. The van der Waals surface area contributed by atoms with Gasteiger partial charge in [0.2, 0.25) is 0 Å². The summed E-state index contributed by atoms with van der Waals surface area (Å²) in [5.74, 6) is 1.52. The van der Waals surface area contributed by atoms with E-state index in [1.165, 1.54) is 0 Å². The van der Waals surface area contributed by atoms with Crippen LogP contribution in [0.15, 0.2) is 48.7 Å². The Morgan fingerprint density at radius 1 is 1.13 bits per heavy atom. The molecular formula is C23H30N4O3. The molecule has 7 nitrogen and oxygen atoms in total. The topological polar surface area (TPSA) is 66.9 Å². The van der Waals surface area contributed by atoms with Crippen molar-refractivity contribution < 1.29 is 14.3 Å². The van der Waals surface area contributed by atoms with E-state index in [1.54, 1.807) is 0 Å². The number of pyridine rings is 1. The van der Waals surface area contributed by atoms with Crippen molar-refractivity contribution in [2.45, 2.75) is 18.9 Å². The number of carbonyl (C=O) groups is 1. The summed E-state index contributed by atoms with van der Waals surface area (Å²) in [5.41, 5.74) is 0.592. The van der Waals surface area contributed by atoms with Crippen LogP contribution in [-0.4, -0.2) is 74.4 Å². The van der Waals surface area contributed by atoms with Crippen LogP contribution in [0.1, 0.15) is 23.2 Å². The number of hydrogen-bond acceptors (Lipinski definition) is 6. The Morgan fingerprint density at radius 2 is 1.97 bits per heavy atom. The lowest BCUT2D eigenvalue weighted by Gasteiger charge is -2.34. The highest BCUT2D eigenvalue weighted by Crippen LogP contribution is 2.21. The first-order chi connectivity index (χ1) is 14.8. The zero-order valence-electron chi connectivity index (χ0n) is 17.3. The Bertz CT molecular complexity index is 811. The molecule has 2 aromatic rings. The Kier molecular flexibility index (Phi) is 7.16. The second-order valence-corrected chi connectivity index (χ2v) is 7.75. The van der Waals surface area contributed by atoms with E-state index in [2.05, 4.69) is 20.1 Å². The Morgan fingerprint density at radius 3 is 2.80 bits per heavy atom. The summed E-state index contributed by atoms with van der Waals surface area (Å²) in [4.78, 5) is 22.0. The van der Waals surface area contributed by atoms with E-state index < -0.39 is 0 Å². The minimum absolute atomic E-state index is 0.0788. The summed E-state index contributed by atoms with van der Waals surface area (Å²) in [6.07, 6.45) is 3.80. The van der Waals surface area contributed by atoms with Crippen molar-refractivity contribution >= 4 is 11.7 Å². The number of carbonyl (C=O) groups excluding carboxylic acids is 1. The molecule has 1 atom stereocenters. The highest BCUT2D eigenvalue weighted by molar-refractivity contribution is 5.97. The van der Waals surface area contributed by atoms with Gasteiger partial charge in [-0.25, -0.2) is 4.98 Å². The molecule has 2 saturated heterocycles. The smallest absolute Gasteiger partial charge is 0.255 e. The molecule has 2 aliphatic rings. The van der Waals surface area contributed by atoms with Crippen LogP contribution in [0.4, 0.5) is 5.82 Å². The molecule has 160 valence electrons. The van der Waals surface area contributed by atoms with E-state index in [1.807, 2.05) is 48.7 Å². The van der Waals surface area contributed by atoms with Gasteiger partial charge >= 0.3 is 0 Å². The largest absolute Gasteiger partial charge is 0.491 e. The van der Waals surface area contributed by atoms with Gasteiger partial charge in [-0.05, 0) is 37.1 Å². The maximum atomic E-state index is 13.0. The van der Waals surface area contributed by atoms with Crippen LogP contribution in [0, 0.1) is 0 Å². The summed E-state index contributed by atoms with van der Waals surface area (Å²) in [5, 5.41) is 3.20. The molecule has 1 aromatic heterocycles. The molecule has 0 saturated carbocycles. The van der Waals surface area contributed by atoms with Gasteiger partial charge in [-0.3, -0.25) is 9.69 Å². The van der Waals surface area contributed by atoms with E-state index in [0.717, 1.165) is 64.6 Å². The van der Waals surface area contributed by atoms with Gasteiger partial charge in [0.05, 0.1) is 18.8 Å². The molecule has 1 amide bonds. The Hall–Kier alpha value is -2.64. The normalized spacial score (nSPS) is 20.0. The van der Waals surface area contributed by atoms with Crippen LogP contribution in [0.2, 0.25) is 0 Å². The van der Waals surface area contributed by atoms with Crippen LogP contribution in [0.25, 0.3) is 0 Å². The van der Waals surface area contributed by atoms with Gasteiger partial charge < -0.3 is 19.7 Å². The molecule has 2 fully saturated rings. The predicted molar refractivity (Wildman–Crippen MR) is 116 cm³/mol. The van der Waals surface area contributed by atoms with E-state index in [9.17, 15) is 4.79 Å². The predicted octanol–water partition coefficient (Wildman–Crippen LogP) is 2.19. The van der Waals surface area contributed by atoms with Crippen LogP contribution < -0.4 is 15.0 Å². The number of aromatic nitrogens is 1. The van der Waals surface area contributed by atoms with Gasteiger partial charge in [-0.15, -0.1) is 0 Å². The van der Waals surface area contributed by atoms with Crippen LogP contribution in [0.3, 0.4) is 0 Å². The van der Waals surface area contributed by atoms with Crippen molar-refractivity contribution in [3.63, 3.8) is 0 Å². The summed E-state index contributed by atoms with van der Waals surface area (Å²) in [6, 6.07) is 13.5. The maximum absolute atomic E-state index is 13.0. The fraction of sp³-hybridized carbons (Fsp3) is 0.478. The SMILES string of the molecule is O=C(N[C@H]1CCCN(c2ccccn2)C1)c1ccccc1OCCN1CCOCC1. The highest BCUT2D eigenvalue weighted by atomic mass is 16.5. The summed E-state index contributed by atoms with van der Waals surface area (Å²) in [7, 11) is 0. The third-order valence-corrected chi connectivity index (χ3v) is 5.63. The third-order valence-electron chi connectivity index (χ3n) is 5.63. The molecule has 0 spiro atoms. The quantitative estimate of drug-likeness (QED) is 0.755. The molecule has 0 bridgehead atoms. The molecule has 1 aromatic carbocycles. The zero-order chi connectivity index (χ0) is 20.6. The number of morpholine rings is 1.